The maximum absolute atomic E-state index is 5.26. The Bertz CT molecular complexity index is 541. The first-order valence-electron chi connectivity index (χ1n) is 6.79. The highest BCUT2D eigenvalue weighted by Crippen LogP contribution is 2.17. The molecule has 0 fully saturated rings. The van der Waals surface area contributed by atoms with E-state index in [1.165, 1.54) is 11.1 Å². The zero-order chi connectivity index (χ0) is 14.4. The van der Waals surface area contributed by atoms with Gasteiger partial charge in [0.25, 0.3) is 0 Å². The fraction of sp³-hybridized carbons (Fsp3) is 0.467. The summed E-state index contributed by atoms with van der Waals surface area (Å²) >= 11 is 1.79. The van der Waals surface area contributed by atoms with Gasteiger partial charge in [-0.2, -0.15) is 4.98 Å². The molecule has 0 amide bonds. The predicted molar refractivity (Wildman–Crippen MR) is 82.7 cm³/mol. The van der Waals surface area contributed by atoms with E-state index < -0.39 is 0 Å². The topological polar surface area (TPSA) is 51.0 Å². The molecule has 0 aliphatic heterocycles. The van der Waals surface area contributed by atoms with Gasteiger partial charge in [0.1, 0.15) is 0 Å². The summed E-state index contributed by atoms with van der Waals surface area (Å²) in [6.45, 7) is 4.21. The summed E-state index contributed by atoms with van der Waals surface area (Å²) < 4.78 is 5.26. The number of benzene rings is 1. The second-order valence-electron chi connectivity index (χ2n) is 4.98. The van der Waals surface area contributed by atoms with Crippen LogP contribution in [0, 0.1) is 6.92 Å². The Labute approximate surface area is 124 Å². The van der Waals surface area contributed by atoms with Crippen molar-refractivity contribution in [1.29, 1.82) is 0 Å². The van der Waals surface area contributed by atoms with Crippen LogP contribution in [0.15, 0.2) is 28.8 Å². The number of rotatable bonds is 7. The number of aromatic nitrogens is 2. The molecule has 1 N–H and O–H groups in total. The number of thioether (sulfide) groups is 1. The molecule has 20 heavy (non-hydrogen) atoms. The summed E-state index contributed by atoms with van der Waals surface area (Å²) in [7, 11) is 1.93. The van der Waals surface area contributed by atoms with E-state index in [0.29, 0.717) is 11.9 Å². The molecule has 0 radical (unpaired) electrons. The molecule has 0 saturated heterocycles. The lowest BCUT2D eigenvalue weighted by Crippen LogP contribution is -2.24. The fourth-order valence-electron chi connectivity index (χ4n) is 1.87. The Balaban J connectivity index is 1.79. The Hall–Kier alpha value is -1.33. The smallest absolute Gasteiger partial charge is 0.236 e. The monoisotopic (exact) mass is 291 g/mol. The van der Waals surface area contributed by atoms with E-state index in [4.69, 9.17) is 4.52 Å². The molecular weight excluding hydrogens is 270 g/mol. The highest BCUT2D eigenvalue weighted by Gasteiger charge is 2.09. The molecule has 5 heteroatoms. The molecule has 0 saturated carbocycles. The molecule has 4 nitrogen and oxygen atoms in total. The van der Waals surface area contributed by atoms with Gasteiger partial charge in [-0.25, -0.2) is 0 Å². The van der Waals surface area contributed by atoms with Crippen molar-refractivity contribution in [2.45, 2.75) is 37.8 Å². The van der Waals surface area contributed by atoms with Crippen LogP contribution in [0.5, 0.6) is 0 Å². The van der Waals surface area contributed by atoms with E-state index in [9.17, 15) is 0 Å². The van der Waals surface area contributed by atoms with Crippen LogP contribution in [0.1, 0.15) is 29.8 Å². The summed E-state index contributed by atoms with van der Waals surface area (Å²) in [5.74, 6) is 3.21. The molecule has 1 heterocycles. The minimum atomic E-state index is 0.361. The normalized spacial score (nSPS) is 12.6. The Morgan fingerprint density at radius 3 is 2.95 bits per heavy atom. The zero-order valence-corrected chi connectivity index (χ0v) is 13.0. The lowest BCUT2D eigenvalue weighted by Gasteiger charge is -2.04. The molecule has 2 aromatic rings. The molecule has 1 aromatic heterocycles. The number of likely N-dealkylation sites (N-methyl/N-ethyl adjacent to an activating group) is 1. The van der Waals surface area contributed by atoms with Crippen LogP contribution >= 0.6 is 11.8 Å². The third-order valence-corrected chi connectivity index (χ3v) is 4.06. The quantitative estimate of drug-likeness (QED) is 0.850. The van der Waals surface area contributed by atoms with E-state index in [-0.39, 0.29) is 0 Å². The van der Waals surface area contributed by atoms with Crippen molar-refractivity contribution in [2.75, 3.05) is 7.05 Å². The maximum atomic E-state index is 5.26. The molecule has 0 spiro atoms. The van der Waals surface area contributed by atoms with Crippen molar-refractivity contribution < 1.29 is 4.52 Å². The number of hydrogen-bond acceptors (Lipinski definition) is 5. The molecule has 0 aliphatic carbocycles. The third-order valence-electron chi connectivity index (χ3n) is 3.07. The van der Waals surface area contributed by atoms with Gasteiger partial charge in [-0.3, -0.25) is 0 Å². The van der Waals surface area contributed by atoms with Gasteiger partial charge in [-0.1, -0.05) is 35.0 Å². The maximum Gasteiger partial charge on any atom is 0.236 e. The summed E-state index contributed by atoms with van der Waals surface area (Å²) in [6, 6.07) is 8.92. The van der Waals surface area contributed by atoms with Crippen LogP contribution in [0.25, 0.3) is 0 Å². The first kappa shape index (κ1) is 15.1. The molecule has 0 aliphatic rings. The van der Waals surface area contributed by atoms with Crippen molar-refractivity contribution in [1.82, 2.24) is 15.5 Å². The van der Waals surface area contributed by atoms with Gasteiger partial charge < -0.3 is 9.84 Å². The van der Waals surface area contributed by atoms with E-state index >= 15 is 0 Å². The Kier molecular flexibility index (Phi) is 5.61. The van der Waals surface area contributed by atoms with Crippen LogP contribution in [-0.4, -0.2) is 23.2 Å². The highest BCUT2D eigenvalue weighted by molar-refractivity contribution is 7.97. The summed E-state index contributed by atoms with van der Waals surface area (Å²) in [5, 5.41) is 7.17. The molecule has 1 unspecified atom stereocenters. The summed E-state index contributed by atoms with van der Waals surface area (Å²) in [5.41, 5.74) is 2.63. The standard InChI is InChI=1S/C15H21N3OS/c1-11-5-4-6-13(7-11)9-20-10-15-17-14(18-19-15)8-12(2)16-3/h4-7,12,16H,8-10H2,1-3H3. The first-order chi connectivity index (χ1) is 9.67. The molecular formula is C15H21N3OS. The van der Waals surface area contributed by atoms with Gasteiger partial charge in [0, 0.05) is 18.2 Å². The predicted octanol–water partition coefficient (Wildman–Crippen LogP) is 2.96. The Morgan fingerprint density at radius 2 is 2.20 bits per heavy atom. The van der Waals surface area contributed by atoms with Crippen molar-refractivity contribution in [2.24, 2.45) is 0 Å². The van der Waals surface area contributed by atoms with Crippen LogP contribution in [-0.2, 0) is 17.9 Å². The number of hydrogen-bond donors (Lipinski definition) is 1. The fourth-order valence-corrected chi connectivity index (χ4v) is 2.67. The van der Waals surface area contributed by atoms with Gasteiger partial charge in [-0.05, 0) is 26.5 Å². The molecule has 0 bridgehead atoms. The van der Waals surface area contributed by atoms with E-state index in [0.717, 1.165) is 23.8 Å². The van der Waals surface area contributed by atoms with Crippen LogP contribution in [0.2, 0.25) is 0 Å². The molecule has 1 aromatic carbocycles. The zero-order valence-electron chi connectivity index (χ0n) is 12.2. The average molecular weight is 291 g/mol. The largest absolute Gasteiger partial charge is 0.338 e. The van der Waals surface area contributed by atoms with Gasteiger partial charge >= 0.3 is 0 Å². The number of nitrogens with one attached hydrogen (secondary N) is 1. The minimum absolute atomic E-state index is 0.361. The van der Waals surface area contributed by atoms with Crippen LogP contribution in [0.3, 0.4) is 0 Å². The van der Waals surface area contributed by atoms with E-state index in [2.05, 4.69) is 53.6 Å². The molecule has 2 rings (SSSR count). The second kappa shape index (κ2) is 7.45. The van der Waals surface area contributed by atoms with Crippen molar-refractivity contribution in [3.8, 4) is 0 Å². The SMILES string of the molecule is CNC(C)Cc1noc(CSCc2cccc(C)c2)n1. The van der Waals surface area contributed by atoms with Crippen LogP contribution < -0.4 is 5.32 Å². The summed E-state index contributed by atoms with van der Waals surface area (Å²) in [4.78, 5) is 4.41. The minimum Gasteiger partial charge on any atom is -0.338 e. The highest BCUT2D eigenvalue weighted by atomic mass is 32.2. The van der Waals surface area contributed by atoms with Gasteiger partial charge in [0.2, 0.25) is 5.89 Å². The van der Waals surface area contributed by atoms with Crippen molar-refractivity contribution in [3.05, 3.63) is 47.1 Å². The average Bonchev–Trinajstić information content (AvgIpc) is 2.86. The lowest BCUT2D eigenvalue weighted by atomic mass is 10.2. The van der Waals surface area contributed by atoms with Gasteiger partial charge in [-0.15, -0.1) is 11.8 Å². The third kappa shape index (κ3) is 4.65. The van der Waals surface area contributed by atoms with Gasteiger partial charge in [0.15, 0.2) is 5.82 Å². The second-order valence-corrected chi connectivity index (χ2v) is 5.97. The molecule has 1 atom stereocenters. The summed E-state index contributed by atoms with van der Waals surface area (Å²) in [6.07, 6.45) is 0.794. The van der Waals surface area contributed by atoms with Gasteiger partial charge in [0.05, 0.1) is 5.75 Å². The molecule has 108 valence electrons. The van der Waals surface area contributed by atoms with Crippen molar-refractivity contribution in [3.63, 3.8) is 0 Å². The van der Waals surface area contributed by atoms with E-state index in [1.54, 1.807) is 11.8 Å². The Morgan fingerprint density at radius 1 is 1.35 bits per heavy atom. The number of nitrogens with zero attached hydrogens (tertiary/aromatic N) is 2. The van der Waals surface area contributed by atoms with E-state index in [1.807, 2.05) is 7.05 Å². The lowest BCUT2D eigenvalue weighted by molar-refractivity contribution is 0.382. The number of aryl methyl sites for hydroxylation is 1. The van der Waals surface area contributed by atoms with Crippen LogP contribution in [0.4, 0.5) is 0 Å². The first-order valence-corrected chi connectivity index (χ1v) is 7.95. The van der Waals surface area contributed by atoms with Crippen molar-refractivity contribution >= 4 is 11.8 Å².